The fourth-order valence-corrected chi connectivity index (χ4v) is 4.11. The van der Waals surface area contributed by atoms with E-state index in [4.69, 9.17) is 25.8 Å². The van der Waals surface area contributed by atoms with Gasteiger partial charge in [0.15, 0.2) is 18.1 Å². The number of amides is 1. The number of aromatic amines is 1. The Morgan fingerprint density at radius 3 is 2.61 bits per heavy atom. The van der Waals surface area contributed by atoms with Gasteiger partial charge < -0.3 is 24.5 Å². The van der Waals surface area contributed by atoms with Crippen molar-refractivity contribution in [1.82, 2.24) is 10.3 Å². The second-order valence-corrected chi connectivity index (χ2v) is 7.91. The van der Waals surface area contributed by atoms with Crippen LogP contribution in [-0.2, 0) is 4.79 Å². The van der Waals surface area contributed by atoms with Crippen molar-refractivity contribution in [3.63, 3.8) is 0 Å². The standard InChI is InChI=1S/C26H25ClN2O4/c1-31-24-12-6-10-20(26(24)32-2)22(21-14-28-23-11-4-3-9-19(21)23)15-29-25(30)16-33-18-8-5-7-17(27)13-18/h3-14,22,28H,15-16H2,1-2H3,(H,29,30). The van der Waals surface area contributed by atoms with E-state index in [1.54, 1.807) is 38.5 Å². The number of para-hydroxylation sites is 2. The third-order valence-corrected chi connectivity index (χ3v) is 5.71. The summed E-state index contributed by atoms with van der Waals surface area (Å²) in [5, 5.41) is 4.63. The Balaban J connectivity index is 1.59. The van der Waals surface area contributed by atoms with Crippen LogP contribution in [0.3, 0.4) is 0 Å². The highest BCUT2D eigenvalue weighted by Gasteiger charge is 2.24. The van der Waals surface area contributed by atoms with Crippen LogP contribution < -0.4 is 19.5 Å². The number of hydrogen-bond donors (Lipinski definition) is 2. The van der Waals surface area contributed by atoms with Crippen molar-refractivity contribution in [2.24, 2.45) is 0 Å². The number of hydrogen-bond acceptors (Lipinski definition) is 4. The molecule has 1 amide bonds. The molecule has 0 fully saturated rings. The van der Waals surface area contributed by atoms with Crippen molar-refractivity contribution >= 4 is 28.4 Å². The van der Waals surface area contributed by atoms with E-state index in [9.17, 15) is 4.79 Å². The third kappa shape index (κ3) is 5.07. The Morgan fingerprint density at radius 1 is 1.00 bits per heavy atom. The number of halogens is 1. The highest BCUT2D eigenvalue weighted by molar-refractivity contribution is 6.30. The lowest BCUT2D eigenvalue weighted by Crippen LogP contribution is -2.33. The van der Waals surface area contributed by atoms with Crippen LogP contribution in [-0.4, -0.2) is 38.3 Å². The van der Waals surface area contributed by atoms with Crippen molar-refractivity contribution in [1.29, 1.82) is 0 Å². The predicted molar refractivity (Wildman–Crippen MR) is 130 cm³/mol. The molecule has 0 aliphatic carbocycles. The number of rotatable bonds is 9. The first-order valence-electron chi connectivity index (χ1n) is 10.5. The third-order valence-electron chi connectivity index (χ3n) is 5.47. The highest BCUT2D eigenvalue weighted by Crippen LogP contribution is 2.40. The lowest BCUT2D eigenvalue weighted by Gasteiger charge is -2.22. The second-order valence-electron chi connectivity index (χ2n) is 7.48. The van der Waals surface area contributed by atoms with E-state index in [0.717, 1.165) is 22.0 Å². The molecule has 1 heterocycles. The molecule has 2 N–H and O–H groups in total. The number of ether oxygens (including phenoxy) is 3. The number of benzene rings is 3. The zero-order valence-electron chi connectivity index (χ0n) is 18.4. The summed E-state index contributed by atoms with van der Waals surface area (Å²) in [5.41, 5.74) is 2.99. The summed E-state index contributed by atoms with van der Waals surface area (Å²) in [4.78, 5) is 15.9. The summed E-state index contributed by atoms with van der Waals surface area (Å²) >= 11 is 5.98. The molecule has 0 saturated carbocycles. The topological polar surface area (TPSA) is 72.6 Å². The van der Waals surface area contributed by atoms with E-state index in [0.29, 0.717) is 28.8 Å². The number of H-pyrrole nitrogens is 1. The van der Waals surface area contributed by atoms with Crippen molar-refractivity contribution in [3.05, 3.63) is 89.1 Å². The Labute approximate surface area is 197 Å². The Kier molecular flexibility index (Phi) is 7.05. The van der Waals surface area contributed by atoms with Crippen molar-refractivity contribution in [3.8, 4) is 17.2 Å². The van der Waals surface area contributed by atoms with E-state index in [2.05, 4.69) is 16.4 Å². The molecular weight excluding hydrogens is 440 g/mol. The van der Waals surface area contributed by atoms with Crippen molar-refractivity contribution < 1.29 is 19.0 Å². The largest absolute Gasteiger partial charge is 0.493 e. The maximum absolute atomic E-state index is 12.6. The summed E-state index contributed by atoms with van der Waals surface area (Å²) in [6.45, 7) is 0.235. The van der Waals surface area contributed by atoms with Gasteiger partial charge in [-0.3, -0.25) is 4.79 Å². The van der Waals surface area contributed by atoms with E-state index in [1.165, 1.54) is 0 Å². The molecule has 0 aliphatic rings. The molecule has 7 heteroatoms. The molecule has 170 valence electrons. The lowest BCUT2D eigenvalue weighted by molar-refractivity contribution is -0.123. The number of aromatic nitrogens is 1. The van der Waals surface area contributed by atoms with E-state index < -0.39 is 0 Å². The molecule has 1 unspecified atom stereocenters. The molecular formula is C26H25ClN2O4. The van der Waals surface area contributed by atoms with Crippen LogP contribution in [0.25, 0.3) is 10.9 Å². The molecule has 3 aromatic carbocycles. The van der Waals surface area contributed by atoms with Gasteiger partial charge >= 0.3 is 0 Å². The zero-order valence-corrected chi connectivity index (χ0v) is 19.2. The number of carbonyl (C=O) groups excluding carboxylic acids is 1. The van der Waals surface area contributed by atoms with Gasteiger partial charge in [-0.25, -0.2) is 0 Å². The number of carbonyl (C=O) groups is 1. The SMILES string of the molecule is COc1cccc(C(CNC(=O)COc2cccc(Cl)c2)c2c[nH]c3ccccc23)c1OC. The Morgan fingerprint density at radius 2 is 1.82 bits per heavy atom. The summed E-state index contributed by atoms with van der Waals surface area (Å²) in [7, 11) is 3.22. The maximum atomic E-state index is 12.6. The van der Waals surface area contributed by atoms with Gasteiger partial charge in [0.05, 0.1) is 14.2 Å². The van der Waals surface area contributed by atoms with Crippen LogP contribution in [0.2, 0.25) is 5.02 Å². The molecule has 6 nitrogen and oxygen atoms in total. The number of nitrogens with one attached hydrogen (secondary N) is 2. The number of fused-ring (bicyclic) bond motifs is 1. The van der Waals surface area contributed by atoms with Crippen molar-refractivity contribution in [2.45, 2.75) is 5.92 Å². The number of methoxy groups -OCH3 is 2. The van der Waals surface area contributed by atoms with E-state index in [-0.39, 0.29) is 18.4 Å². The van der Waals surface area contributed by atoms with Gasteiger partial charge in [-0.2, -0.15) is 0 Å². The first-order valence-corrected chi connectivity index (χ1v) is 10.9. The van der Waals surface area contributed by atoms with Crippen LogP contribution in [0.15, 0.2) is 72.9 Å². The fraction of sp³-hybridized carbons (Fsp3) is 0.192. The molecule has 0 aliphatic heterocycles. The fourth-order valence-electron chi connectivity index (χ4n) is 3.93. The van der Waals surface area contributed by atoms with Crippen LogP contribution in [0.5, 0.6) is 17.2 Å². The normalized spacial score (nSPS) is 11.7. The Bertz CT molecular complexity index is 1250. The average Bonchev–Trinajstić information content (AvgIpc) is 3.26. The zero-order chi connectivity index (χ0) is 23.2. The van der Waals surface area contributed by atoms with Crippen LogP contribution in [0.4, 0.5) is 0 Å². The molecule has 1 aromatic heterocycles. The molecule has 4 rings (SSSR count). The van der Waals surface area contributed by atoms with Gasteiger partial charge in [-0.1, -0.05) is 48.0 Å². The van der Waals surface area contributed by atoms with Crippen LogP contribution in [0, 0.1) is 0 Å². The molecule has 33 heavy (non-hydrogen) atoms. The quantitative estimate of drug-likeness (QED) is 0.358. The molecule has 4 aromatic rings. The van der Waals surface area contributed by atoms with E-state index in [1.807, 2.05) is 42.6 Å². The summed E-state index contributed by atoms with van der Waals surface area (Å²) in [5.74, 6) is 1.40. The summed E-state index contributed by atoms with van der Waals surface area (Å²) in [6, 6.07) is 20.8. The minimum Gasteiger partial charge on any atom is -0.493 e. The van der Waals surface area contributed by atoms with Crippen molar-refractivity contribution in [2.75, 3.05) is 27.4 Å². The minimum absolute atomic E-state index is 0.115. The second kappa shape index (κ2) is 10.3. The maximum Gasteiger partial charge on any atom is 0.257 e. The van der Waals surface area contributed by atoms with Crippen LogP contribution in [0.1, 0.15) is 17.0 Å². The predicted octanol–water partition coefficient (Wildman–Crippen LogP) is 5.17. The molecule has 0 radical (unpaired) electrons. The molecule has 0 spiro atoms. The van der Waals surface area contributed by atoms with Gasteiger partial charge in [0.1, 0.15) is 5.75 Å². The highest BCUT2D eigenvalue weighted by atomic mass is 35.5. The molecule has 0 saturated heterocycles. The molecule has 0 bridgehead atoms. The summed E-state index contributed by atoms with van der Waals surface area (Å²) in [6.07, 6.45) is 1.98. The van der Waals surface area contributed by atoms with Gasteiger partial charge in [-0.05, 0) is 35.9 Å². The average molecular weight is 465 g/mol. The first kappa shape index (κ1) is 22.6. The van der Waals surface area contributed by atoms with Gasteiger partial charge in [0, 0.05) is 40.1 Å². The minimum atomic E-state index is -0.235. The summed E-state index contributed by atoms with van der Waals surface area (Å²) < 4.78 is 16.8. The van der Waals surface area contributed by atoms with Gasteiger partial charge in [-0.15, -0.1) is 0 Å². The van der Waals surface area contributed by atoms with Crippen LogP contribution >= 0.6 is 11.6 Å². The van der Waals surface area contributed by atoms with Gasteiger partial charge in [0.25, 0.3) is 5.91 Å². The lowest BCUT2D eigenvalue weighted by atomic mass is 9.90. The first-order chi connectivity index (χ1) is 16.1. The smallest absolute Gasteiger partial charge is 0.257 e. The Hall–Kier alpha value is -3.64. The molecule has 1 atom stereocenters. The van der Waals surface area contributed by atoms with E-state index >= 15 is 0 Å². The van der Waals surface area contributed by atoms with Gasteiger partial charge in [0.2, 0.25) is 0 Å². The monoisotopic (exact) mass is 464 g/mol.